The van der Waals surface area contributed by atoms with Gasteiger partial charge in [0.2, 0.25) is 0 Å². The number of phenols is 2. The molecule has 0 amide bonds. The first-order chi connectivity index (χ1) is 14.5. The van der Waals surface area contributed by atoms with Crippen molar-refractivity contribution in [1.29, 1.82) is 0 Å². The zero-order chi connectivity index (χ0) is 21.7. The van der Waals surface area contributed by atoms with Crippen molar-refractivity contribution < 1.29 is 24.5 Å². The second-order valence-electron chi connectivity index (χ2n) is 6.74. The van der Waals surface area contributed by atoms with E-state index >= 15 is 0 Å². The average molecular weight is 402 g/mol. The maximum atomic E-state index is 13.0. The van der Waals surface area contributed by atoms with Gasteiger partial charge in [-0.3, -0.25) is 9.59 Å². The fraction of sp³-hybridized carbons (Fsp3) is 0.120. The van der Waals surface area contributed by atoms with Crippen LogP contribution in [0.3, 0.4) is 0 Å². The number of carbonyl (C=O) groups excluding carboxylic acids is 2. The molecule has 5 nitrogen and oxygen atoms in total. The molecule has 0 fully saturated rings. The molecule has 0 aliphatic rings. The van der Waals surface area contributed by atoms with Crippen LogP contribution in [0.15, 0.2) is 73.3 Å². The average Bonchev–Trinajstić information content (AvgIpc) is 2.77. The van der Waals surface area contributed by atoms with Crippen LogP contribution in [-0.2, 0) is 11.2 Å². The molecule has 3 rings (SSSR count). The molecule has 0 aliphatic heterocycles. The Morgan fingerprint density at radius 3 is 2.33 bits per heavy atom. The molecule has 2 N–H and O–H groups in total. The lowest BCUT2D eigenvalue weighted by molar-refractivity contribution is -0.114. The zero-order valence-electron chi connectivity index (χ0n) is 16.6. The minimum Gasteiger partial charge on any atom is -0.507 e. The third kappa shape index (κ3) is 4.25. The van der Waals surface area contributed by atoms with Gasteiger partial charge in [-0.15, -0.1) is 0 Å². The van der Waals surface area contributed by atoms with E-state index in [9.17, 15) is 19.8 Å². The molecule has 152 valence electrons. The number of rotatable bonds is 8. The summed E-state index contributed by atoms with van der Waals surface area (Å²) in [5.74, 6) is -0.582. The van der Waals surface area contributed by atoms with Gasteiger partial charge in [-0.25, -0.2) is 0 Å². The van der Waals surface area contributed by atoms with E-state index in [4.69, 9.17) is 4.74 Å². The van der Waals surface area contributed by atoms with Gasteiger partial charge in [0.15, 0.2) is 11.6 Å². The number of ether oxygens (including phenoxy) is 1. The van der Waals surface area contributed by atoms with Gasteiger partial charge in [-0.05, 0) is 41.8 Å². The van der Waals surface area contributed by atoms with E-state index in [1.807, 2.05) is 24.3 Å². The number of benzene rings is 3. The summed E-state index contributed by atoms with van der Waals surface area (Å²) in [6, 6.07) is 16.6. The third-order valence-electron chi connectivity index (χ3n) is 4.89. The van der Waals surface area contributed by atoms with Crippen molar-refractivity contribution in [3.8, 4) is 28.4 Å². The fourth-order valence-electron chi connectivity index (χ4n) is 3.30. The molecule has 0 bridgehead atoms. The number of hydrogen-bond donors (Lipinski definition) is 2. The number of aryl methyl sites for hydroxylation is 1. The molecule has 3 aromatic rings. The number of para-hydroxylation sites is 1. The van der Waals surface area contributed by atoms with Gasteiger partial charge >= 0.3 is 0 Å². The Labute approximate surface area is 174 Å². The molecule has 0 atom stereocenters. The normalized spacial score (nSPS) is 10.4. The number of aromatic hydroxyl groups is 2. The number of ketones is 2. The van der Waals surface area contributed by atoms with Crippen molar-refractivity contribution in [2.24, 2.45) is 0 Å². The molecule has 0 heterocycles. The standard InChI is InChI=1S/C25H22O5/c1-3-17(26)13-12-16-8-4-5-9-18(16)20-14-21(23(28)15-24(20)30-2)25(29)19-10-6-7-11-22(19)27/h3-11,14-15,27-28H,1,12-13H2,2H3. The van der Waals surface area contributed by atoms with E-state index in [1.165, 1.54) is 31.4 Å². The summed E-state index contributed by atoms with van der Waals surface area (Å²) in [5.41, 5.74) is 2.43. The molecule has 0 spiro atoms. The fourth-order valence-corrected chi connectivity index (χ4v) is 3.30. The predicted octanol–water partition coefficient (Wildman–Crippen LogP) is 4.69. The second-order valence-corrected chi connectivity index (χ2v) is 6.74. The molecule has 0 unspecified atom stereocenters. The van der Waals surface area contributed by atoms with Gasteiger partial charge in [0.25, 0.3) is 0 Å². The van der Waals surface area contributed by atoms with E-state index < -0.39 is 5.78 Å². The highest BCUT2D eigenvalue weighted by Crippen LogP contribution is 2.39. The number of hydrogen-bond acceptors (Lipinski definition) is 5. The van der Waals surface area contributed by atoms with Crippen LogP contribution < -0.4 is 4.74 Å². The van der Waals surface area contributed by atoms with Gasteiger partial charge in [-0.1, -0.05) is 43.0 Å². The minimum atomic E-state index is -0.506. The van der Waals surface area contributed by atoms with E-state index in [1.54, 1.807) is 18.2 Å². The first-order valence-corrected chi connectivity index (χ1v) is 9.43. The van der Waals surface area contributed by atoms with Gasteiger partial charge in [-0.2, -0.15) is 0 Å². The van der Waals surface area contributed by atoms with Gasteiger partial charge in [0, 0.05) is 18.1 Å². The number of methoxy groups -OCH3 is 1. The molecular formula is C25H22O5. The summed E-state index contributed by atoms with van der Waals surface area (Å²) in [6.45, 7) is 3.50. The summed E-state index contributed by atoms with van der Waals surface area (Å²) in [4.78, 5) is 24.7. The summed E-state index contributed by atoms with van der Waals surface area (Å²) >= 11 is 0. The lowest BCUT2D eigenvalue weighted by atomic mass is 9.92. The van der Waals surface area contributed by atoms with Gasteiger partial charge in [0.05, 0.1) is 18.2 Å². The van der Waals surface area contributed by atoms with E-state index in [2.05, 4.69) is 6.58 Å². The SMILES string of the molecule is C=CC(=O)CCc1ccccc1-c1cc(C(=O)c2ccccc2O)c(O)cc1OC. The Hall–Kier alpha value is -3.86. The molecule has 5 heteroatoms. The minimum absolute atomic E-state index is 0.0456. The monoisotopic (exact) mass is 402 g/mol. The van der Waals surface area contributed by atoms with Gasteiger partial charge < -0.3 is 14.9 Å². The molecule has 30 heavy (non-hydrogen) atoms. The molecule has 0 radical (unpaired) electrons. The third-order valence-corrected chi connectivity index (χ3v) is 4.89. The van der Waals surface area contributed by atoms with Crippen LogP contribution in [0, 0.1) is 0 Å². The van der Waals surface area contributed by atoms with E-state index in [0.717, 1.165) is 11.1 Å². The topological polar surface area (TPSA) is 83.8 Å². The van der Waals surface area contributed by atoms with E-state index in [-0.39, 0.29) is 28.4 Å². The highest BCUT2D eigenvalue weighted by atomic mass is 16.5. The molecule has 0 saturated heterocycles. The van der Waals surface area contributed by atoms with Crippen molar-refractivity contribution in [2.45, 2.75) is 12.8 Å². The second kappa shape index (κ2) is 9.09. The van der Waals surface area contributed by atoms with Crippen LogP contribution >= 0.6 is 0 Å². The summed E-state index contributed by atoms with van der Waals surface area (Å²) in [5, 5.41) is 20.5. The molecule has 0 aromatic heterocycles. The maximum Gasteiger partial charge on any atom is 0.200 e. The smallest absolute Gasteiger partial charge is 0.200 e. The first kappa shape index (κ1) is 20.9. The lowest BCUT2D eigenvalue weighted by Gasteiger charge is -2.16. The van der Waals surface area contributed by atoms with Gasteiger partial charge in [0.1, 0.15) is 17.2 Å². The van der Waals surface area contributed by atoms with Crippen molar-refractivity contribution in [3.05, 3.63) is 90.0 Å². The van der Waals surface area contributed by atoms with Crippen LogP contribution in [0.1, 0.15) is 27.9 Å². The highest BCUT2D eigenvalue weighted by Gasteiger charge is 2.21. The summed E-state index contributed by atoms with van der Waals surface area (Å²) in [7, 11) is 1.48. The van der Waals surface area contributed by atoms with Crippen LogP contribution in [-0.4, -0.2) is 28.9 Å². The van der Waals surface area contributed by atoms with Crippen LogP contribution in [0.5, 0.6) is 17.2 Å². The largest absolute Gasteiger partial charge is 0.507 e. The lowest BCUT2D eigenvalue weighted by Crippen LogP contribution is -2.04. The Kier molecular flexibility index (Phi) is 6.32. The Morgan fingerprint density at radius 1 is 0.933 bits per heavy atom. The first-order valence-electron chi connectivity index (χ1n) is 9.43. The van der Waals surface area contributed by atoms with Crippen LogP contribution in [0.2, 0.25) is 0 Å². The zero-order valence-corrected chi connectivity index (χ0v) is 16.6. The quantitative estimate of drug-likeness (QED) is 0.422. The molecule has 0 saturated carbocycles. The highest BCUT2D eigenvalue weighted by molar-refractivity contribution is 6.13. The molecule has 0 aliphatic carbocycles. The molecule has 3 aromatic carbocycles. The Balaban J connectivity index is 2.11. The molecular weight excluding hydrogens is 380 g/mol. The van der Waals surface area contributed by atoms with Crippen LogP contribution in [0.4, 0.5) is 0 Å². The van der Waals surface area contributed by atoms with Crippen LogP contribution in [0.25, 0.3) is 11.1 Å². The summed E-state index contributed by atoms with van der Waals surface area (Å²) in [6.07, 6.45) is 2.10. The summed E-state index contributed by atoms with van der Waals surface area (Å²) < 4.78 is 5.44. The van der Waals surface area contributed by atoms with E-state index in [0.29, 0.717) is 24.2 Å². The number of phenolic OH excluding ortho intramolecular Hbond substituents is 2. The number of carbonyl (C=O) groups is 2. The van der Waals surface area contributed by atoms with Crippen molar-refractivity contribution in [1.82, 2.24) is 0 Å². The van der Waals surface area contributed by atoms with Crippen molar-refractivity contribution in [2.75, 3.05) is 7.11 Å². The van der Waals surface area contributed by atoms with Crippen molar-refractivity contribution >= 4 is 11.6 Å². The maximum absolute atomic E-state index is 13.0. The van der Waals surface area contributed by atoms with Crippen molar-refractivity contribution in [3.63, 3.8) is 0 Å². The predicted molar refractivity (Wildman–Crippen MR) is 115 cm³/mol. The Bertz CT molecular complexity index is 1110. The Morgan fingerprint density at radius 2 is 1.63 bits per heavy atom. The number of allylic oxidation sites excluding steroid dienone is 1.